The normalized spacial score (nSPS) is 25.6. The second-order valence-corrected chi connectivity index (χ2v) is 16.2. The van der Waals surface area contributed by atoms with Crippen molar-refractivity contribution in [3.05, 3.63) is 215 Å². The molecule has 0 unspecified atom stereocenters. The summed E-state index contributed by atoms with van der Waals surface area (Å²) in [5.41, 5.74) is 5.59. The summed E-state index contributed by atoms with van der Waals surface area (Å²) < 4.78 is 59.6. The minimum absolute atomic E-state index is 0.0206. The highest BCUT2D eigenvalue weighted by atomic mass is 16.7. The predicted molar refractivity (Wildman–Crippen MR) is 243 cm³/mol. The van der Waals surface area contributed by atoms with Crippen LogP contribution in [0, 0.1) is 0 Å². The van der Waals surface area contributed by atoms with Crippen LogP contribution in [0.5, 0.6) is 0 Å². The van der Waals surface area contributed by atoms with Gasteiger partial charge in [0.15, 0.2) is 12.6 Å². The Morgan fingerprint density at radius 3 is 1.09 bits per heavy atom. The summed E-state index contributed by atoms with van der Waals surface area (Å²) in [6.45, 7) is 1.34. The van der Waals surface area contributed by atoms with Crippen molar-refractivity contribution in [3.8, 4) is 0 Å². The summed E-state index contributed by atoms with van der Waals surface area (Å²) in [5.74, 6) is 0. The van der Waals surface area contributed by atoms with E-state index in [1.54, 1.807) is 0 Å². The van der Waals surface area contributed by atoms with Gasteiger partial charge in [-0.15, -0.1) is 0 Å². The third-order valence-corrected chi connectivity index (χ3v) is 11.4. The number of aliphatic hydroxyl groups excluding tert-OH is 2. The Morgan fingerprint density at radius 1 is 0.338 bits per heavy atom. The van der Waals surface area contributed by atoms with Crippen molar-refractivity contribution in [3.63, 3.8) is 0 Å². The topological polar surface area (TPSA) is 124 Å². The highest BCUT2D eigenvalue weighted by Gasteiger charge is 2.53. The lowest BCUT2D eigenvalue weighted by atomic mass is 9.96. The zero-order valence-corrected chi connectivity index (χ0v) is 36.3. The molecule has 0 aromatic heterocycles. The largest absolute Gasteiger partial charge is 0.387 e. The molecule has 6 aromatic rings. The van der Waals surface area contributed by atoms with Gasteiger partial charge in [0.1, 0.15) is 48.8 Å². The molecule has 2 saturated heterocycles. The summed E-state index contributed by atoms with van der Waals surface area (Å²) >= 11 is 0. The van der Waals surface area contributed by atoms with Gasteiger partial charge in [-0.25, -0.2) is 0 Å². The van der Waals surface area contributed by atoms with Crippen LogP contribution < -0.4 is 0 Å². The first-order valence-corrected chi connectivity index (χ1v) is 22.3. The Hall–Kier alpha value is -5.12. The Morgan fingerprint density at radius 2 is 0.677 bits per heavy atom. The molecule has 0 saturated carbocycles. The van der Waals surface area contributed by atoms with Crippen LogP contribution >= 0.6 is 0 Å². The average molecular weight is 883 g/mol. The number of ether oxygens (including phenoxy) is 9. The Balaban J connectivity index is 1.14. The van der Waals surface area contributed by atoms with Crippen molar-refractivity contribution >= 4 is 0 Å². The van der Waals surface area contributed by atoms with Crippen LogP contribution in [0.25, 0.3) is 0 Å². The van der Waals surface area contributed by atoms with Crippen molar-refractivity contribution in [2.45, 2.75) is 101 Å². The van der Waals surface area contributed by atoms with Gasteiger partial charge in [-0.1, -0.05) is 182 Å². The standard InChI is InChI=1S/C54H58O11/c55-47-45(37-57-31-39-19-7-1-8-20-39)64-54(52(62-36-44-29-17-6-18-30-44)49(47)59-33-41-23-11-3-12-24-41)65-48-46(38-58-32-40-21-9-2-10-22-40)63-53(56)51(61-35-43-27-15-5-16-28-43)50(48)60-34-42-25-13-4-14-26-42/h1-30,45-56H,31-38H2/t45-,46-,47-,48-,49+,50+,51+,52+,53+,54+/m1/s1. The van der Waals surface area contributed by atoms with Crippen molar-refractivity contribution < 1.29 is 52.8 Å². The van der Waals surface area contributed by atoms with Crippen molar-refractivity contribution in [2.75, 3.05) is 13.2 Å². The molecule has 2 fully saturated rings. The van der Waals surface area contributed by atoms with Gasteiger partial charge in [0.2, 0.25) is 0 Å². The smallest absolute Gasteiger partial charge is 0.187 e. The Kier molecular flexibility index (Phi) is 17.4. The molecule has 65 heavy (non-hydrogen) atoms. The highest BCUT2D eigenvalue weighted by Crippen LogP contribution is 2.35. The van der Waals surface area contributed by atoms with Crippen LogP contribution in [0.3, 0.4) is 0 Å². The summed E-state index contributed by atoms with van der Waals surface area (Å²) in [4.78, 5) is 0. The molecule has 0 amide bonds. The van der Waals surface area contributed by atoms with Crippen LogP contribution in [0.15, 0.2) is 182 Å². The molecule has 0 radical (unpaired) electrons. The van der Waals surface area contributed by atoms with Gasteiger partial charge < -0.3 is 52.8 Å². The van der Waals surface area contributed by atoms with Gasteiger partial charge in [-0.2, -0.15) is 0 Å². The van der Waals surface area contributed by atoms with Gasteiger partial charge in [-0.05, 0) is 33.4 Å². The Bertz CT molecular complexity index is 2210. The maximum atomic E-state index is 12.2. The quantitative estimate of drug-likeness (QED) is 0.0691. The molecule has 2 N–H and O–H groups in total. The van der Waals surface area contributed by atoms with Gasteiger partial charge in [0.05, 0.1) is 52.9 Å². The zero-order valence-electron chi connectivity index (χ0n) is 36.3. The number of aliphatic hydroxyl groups is 2. The number of benzene rings is 6. The predicted octanol–water partition coefficient (Wildman–Crippen LogP) is 7.95. The number of rotatable bonds is 22. The van der Waals surface area contributed by atoms with E-state index in [9.17, 15) is 10.2 Å². The summed E-state index contributed by atoms with van der Waals surface area (Å²) in [6.07, 6.45) is -10.4. The first kappa shape index (κ1) is 46.4. The van der Waals surface area contributed by atoms with E-state index >= 15 is 0 Å². The molecule has 0 bridgehead atoms. The SMILES string of the molecule is O[C@H]1[C@H](OCc2ccccc2)[C@H](OCc2ccccc2)[C@H](O[C@H]2[C@H](OCc3ccccc3)[C@H](OCc3ccccc3)[C@@H](O)O[C@@H]2COCc2ccccc2)O[C@@H]1COCc1ccccc1. The Labute approximate surface area is 381 Å². The molecule has 10 atom stereocenters. The fourth-order valence-corrected chi connectivity index (χ4v) is 8.02. The van der Waals surface area contributed by atoms with Crippen LogP contribution in [0.2, 0.25) is 0 Å². The summed E-state index contributed by atoms with van der Waals surface area (Å²) in [6, 6.07) is 58.6. The number of hydrogen-bond acceptors (Lipinski definition) is 11. The molecule has 0 spiro atoms. The maximum Gasteiger partial charge on any atom is 0.187 e. The molecular weight excluding hydrogens is 825 g/mol. The lowest BCUT2D eigenvalue weighted by Crippen LogP contribution is -2.66. The molecule has 6 aromatic carbocycles. The van der Waals surface area contributed by atoms with Gasteiger partial charge in [-0.3, -0.25) is 0 Å². The third kappa shape index (κ3) is 13.5. The fourth-order valence-electron chi connectivity index (χ4n) is 8.02. The number of hydrogen-bond donors (Lipinski definition) is 2. The van der Waals surface area contributed by atoms with E-state index < -0.39 is 61.4 Å². The maximum absolute atomic E-state index is 12.2. The fraction of sp³-hybridized carbons (Fsp3) is 0.333. The molecule has 340 valence electrons. The van der Waals surface area contributed by atoms with E-state index in [0.29, 0.717) is 6.61 Å². The van der Waals surface area contributed by atoms with Crippen LogP contribution in [-0.4, -0.2) is 84.8 Å². The monoisotopic (exact) mass is 882 g/mol. The highest BCUT2D eigenvalue weighted by molar-refractivity contribution is 5.18. The molecule has 2 aliphatic rings. The van der Waals surface area contributed by atoms with E-state index in [2.05, 4.69) is 0 Å². The van der Waals surface area contributed by atoms with Crippen molar-refractivity contribution in [1.82, 2.24) is 0 Å². The molecule has 0 aliphatic carbocycles. The van der Waals surface area contributed by atoms with E-state index in [4.69, 9.17) is 42.6 Å². The lowest BCUT2D eigenvalue weighted by molar-refractivity contribution is -0.371. The van der Waals surface area contributed by atoms with Gasteiger partial charge in [0.25, 0.3) is 0 Å². The van der Waals surface area contributed by atoms with Crippen molar-refractivity contribution in [1.29, 1.82) is 0 Å². The van der Waals surface area contributed by atoms with Gasteiger partial charge in [0, 0.05) is 0 Å². The molecular formula is C54H58O11. The van der Waals surface area contributed by atoms with E-state index in [-0.39, 0.29) is 46.2 Å². The molecule has 2 heterocycles. The lowest BCUT2D eigenvalue weighted by Gasteiger charge is -2.49. The molecule has 2 aliphatic heterocycles. The summed E-state index contributed by atoms with van der Waals surface area (Å²) in [5, 5.41) is 24.0. The second-order valence-electron chi connectivity index (χ2n) is 16.2. The molecule has 11 nitrogen and oxygen atoms in total. The molecule has 11 heteroatoms. The second kappa shape index (κ2) is 24.4. The first-order chi connectivity index (χ1) is 32.1. The van der Waals surface area contributed by atoms with Gasteiger partial charge >= 0.3 is 0 Å². The third-order valence-electron chi connectivity index (χ3n) is 11.4. The van der Waals surface area contributed by atoms with Crippen LogP contribution in [0.1, 0.15) is 33.4 Å². The van der Waals surface area contributed by atoms with Crippen molar-refractivity contribution in [2.24, 2.45) is 0 Å². The first-order valence-electron chi connectivity index (χ1n) is 22.3. The van der Waals surface area contributed by atoms with E-state index in [0.717, 1.165) is 33.4 Å². The van der Waals surface area contributed by atoms with Crippen LogP contribution in [-0.2, 0) is 82.3 Å². The van der Waals surface area contributed by atoms with E-state index in [1.807, 2.05) is 182 Å². The van der Waals surface area contributed by atoms with Crippen LogP contribution in [0.4, 0.5) is 0 Å². The minimum atomic E-state index is -1.41. The average Bonchev–Trinajstić information content (AvgIpc) is 3.35. The zero-order chi connectivity index (χ0) is 44.5. The minimum Gasteiger partial charge on any atom is -0.387 e. The summed E-state index contributed by atoms with van der Waals surface area (Å²) in [7, 11) is 0. The molecule has 8 rings (SSSR count). The van der Waals surface area contributed by atoms with E-state index in [1.165, 1.54) is 0 Å².